The molecule has 1 atom stereocenters. The molecule has 6 heteroatoms. The number of hydrogen-bond donors (Lipinski definition) is 2. The average molecular weight is 271 g/mol. The van der Waals surface area contributed by atoms with Crippen LogP contribution in [0.15, 0.2) is 17.2 Å². The molecule has 5 nitrogen and oxygen atoms in total. The highest BCUT2D eigenvalue weighted by atomic mass is 32.2. The molecule has 18 heavy (non-hydrogen) atoms. The molecule has 1 fully saturated rings. The van der Waals surface area contributed by atoms with Gasteiger partial charge in [-0.25, -0.2) is 8.42 Å². The van der Waals surface area contributed by atoms with E-state index in [1.807, 2.05) is 0 Å². The topological polar surface area (TPSA) is 79.2 Å². The fraction of sp³-hybridized carbons (Fsp3) is 0.667. The van der Waals surface area contributed by atoms with Crippen molar-refractivity contribution >= 4 is 10.0 Å². The third-order valence-corrected chi connectivity index (χ3v) is 5.48. The summed E-state index contributed by atoms with van der Waals surface area (Å²) in [5, 5.41) is 0. The predicted molar refractivity (Wildman–Crippen MR) is 70.5 cm³/mol. The van der Waals surface area contributed by atoms with E-state index >= 15 is 0 Å². The van der Waals surface area contributed by atoms with Gasteiger partial charge in [-0.05, 0) is 24.8 Å². The molecule has 2 heterocycles. The van der Waals surface area contributed by atoms with Crippen molar-refractivity contribution < 1.29 is 8.42 Å². The summed E-state index contributed by atoms with van der Waals surface area (Å²) in [6.45, 7) is 3.71. The second-order valence-electron chi connectivity index (χ2n) is 4.84. The smallest absolute Gasteiger partial charge is 0.244 e. The number of hydrogen-bond acceptors (Lipinski definition) is 3. The van der Waals surface area contributed by atoms with E-state index in [9.17, 15) is 8.42 Å². The Labute approximate surface area is 108 Å². The van der Waals surface area contributed by atoms with Crippen molar-refractivity contribution in [2.24, 2.45) is 11.7 Å². The summed E-state index contributed by atoms with van der Waals surface area (Å²) >= 11 is 0. The van der Waals surface area contributed by atoms with Crippen molar-refractivity contribution in [2.45, 2.75) is 37.6 Å². The summed E-state index contributed by atoms with van der Waals surface area (Å²) in [5.41, 5.74) is 6.24. The zero-order valence-corrected chi connectivity index (χ0v) is 11.5. The van der Waals surface area contributed by atoms with E-state index in [0.717, 1.165) is 25.0 Å². The first kappa shape index (κ1) is 13.6. The summed E-state index contributed by atoms with van der Waals surface area (Å²) in [5.74, 6) is 0.487. The molecule has 0 aromatic carbocycles. The third-order valence-electron chi connectivity index (χ3n) is 3.63. The van der Waals surface area contributed by atoms with Crippen LogP contribution in [0.2, 0.25) is 0 Å². The fourth-order valence-electron chi connectivity index (χ4n) is 2.41. The van der Waals surface area contributed by atoms with Gasteiger partial charge in [0.25, 0.3) is 0 Å². The first-order valence-electron chi connectivity index (χ1n) is 6.45. The second kappa shape index (κ2) is 5.42. The van der Waals surface area contributed by atoms with Gasteiger partial charge in [-0.15, -0.1) is 0 Å². The molecule has 1 saturated heterocycles. The summed E-state index contributed by atoms with van der Waals surface area (Å²) < 4.78 is 26.5. The van der Waals surface area contributed by atoms with Gasteiger partial charge in [0.15, 0.2) is 0 Å². The molecule has 1 aromatic rings. The molecule has 102 valence electrons. The molecule has 0 aliphatic carbocycles. The maximum Gasteiger partial charge on any atom is 0.244 e. The molecule has 2 rings (SSSR count). The normalized spacial score (nSPS) is 22.2. The number of piperidine rings is 1. The highest BCUT2D eigenvalue weighted by Crippen LogP contribution is 2.25. The van der Waals surface area contributed by atoms with Crippen LogP contribution in [-0.4, -0.2) is 30.8 Å². The number of nitrogens with zero attached hydrogens (tertiary/aromatic N) is 1. The maximum absolute atomic E-state index is 12.4. The molecule has 0 spiro atoms. The van der Waals surface area contributed by atoms with Gasteiger partial charge in [-0.1, -0.05) is 13.3 Å². The Morgan fingerprint density at radius 3 is 2.94 bits per heavy atom. The molecule has 1 unspecified atom stereocenters. The number of sulfonamides is 1. The van der Waals surface area contributed by atoms with Crippen LogP contribution in [-0.2, 0) is 16.6 Å². The lowest BCUT2D eigenvalue weighted by Gasteiger charge is -2.31. The zero-order chi connectivity index (χ0) is 13.2. The Hall–Kier alpha value is -0.850. The monoisotopic (exact) mass is 271 g/mol. The largest absolute Gasteiger partial charge is 0.363 e. The minimum Gasteiger partial charge on any atom is -0.363 e. The number of H-pyrrole nitrogens is 1. The van der Waals surface area contributed by atoms with Crippen LogP contribution in [0.25, 0.3) is 0 Å². The van der Waals surface area contributed by atoms with Crippen LogP contribution in [0.1, 0.15) is 31.9 Å². The Kier molecular flexibility index (Phi) is 4.09. The number of aromatic amines is 1. The Bertz CT molecular complexity index is 495. The SMILES string of the molecule is CCC1CCCN(S(=O)(=O)c2c[nH]c(CN)c2)C1. The molecule has 1 aliphatic rings. The quantitative estimate of drug-likeness (QED) is 0.866. The zero-order valence-electron chi connectivity index (χ0n) is 10.7. The van der Waals surface area contributed by atoms with Crippen LogP contribution in [0.5, 0.6) is 0 Å². The van der Waals surface area contributed by atoms with Gasteiger partial charge < -0.3 is 10.7 Å². The van der Waals surface area contributed by atoms with Gasteiger partial charge in [-0.2, -0.15) is 4.31 Å². The first-order chi connectivity index (χ1) is 8.57. The van der Waals surface area contributed by atoms with Gasteiger partial charge in [-0.3, -0.25) is 0 Å². The predicted octanol–water partition coefficient (Wildman–Crippen LogP) is 1.28. The van der Waals surface area contributed by atoms with Gasteiger partial charge >= 0.3 is 0 Å². The Morgan fingerprint density at radius 2 is 2.33 bits per heavy atom. The molecule has 0 bridgehead atoms. The Morgan fingerprint density at radius 1 is 1.56 bits per heavy atom. The number of nitrogens with two attached hydrogens (primary N) is 1. The summed E-state index contributed by atoms with van der Waals surface area (Å²) in [6, 6.07) is 1.63. The van der Waals surface area contributed by atoms with Crippen molar-refractivity contribution in [3.05, 3.63) is 18.0 Å². The molecular weight excluding hydrogens is 250 g/mol. The van der Waals surface area contributed by atoms with E-state index in [4.69, 9.17) is 5.73 Å². The van der Waals surface area contributed by atoms with E-state index in [1.165, 1.54) is 6.20 Å². The summed E-state index contributed by atoms with van der Waals surface area (Å²) in [7, 11) is -3.35. The molecule has 1 aromatic heterocycles. The van der Waals surface area contributed by atoms with Gasteiger partial charge in [0.1, 0.15) is 0 Å². The molecule has 0 saturated carbocycles. The van der Waals surface area contributed by atoms with Crippen molar-refractivity contribution in [1.29, 1.82) is 0 Å². The number of nitrogens with one attached hydrogen (secondary N) is 1. The molecule has 0 amide bonds. The van der Waals surface area contributed by atoms with Gasteiger partial charge in [0, 0.05) is 31.5 Å². The lowest BCUT2D eigenvalue weighted by molar-refractivity contribution is 0.261. The van der Waals surface area contributed by atoms with Crippen molar-refractivity contribution in [3.8, 4) is 0 Å². The maximum atomic E-state index is 12.4. The van der Waals surface area contributed by atoms with Crippen LogP contribution in [0.4, 0.5) is 0 Å². The lowest BCUT2D eigenvalue weighted by atomic mass is 9.97. The Balaban J connectivity index is 2.19. The van der Waals surface area contributed by atoms with E-state index in [2.05, 4.69) is 11.9 Å². The highest BCUT2D eigenvalue weighted by molar-refractivity contribution is 7.89. The number of aromatic nitrogens is 1. The molecule has 0 radical (unpaired) electrons. The van der Waals surface area contributed by atoms with E-state index < -0.39 is 10.0 Å². The van der Waals surface area contributed by atoms with Crippen molar-refractivity contribution in [1.82, 2.24) is 9.29 Å². The first-order valence-corrected chi connectivity index (χ1v) is 7.89. The van der Waals surface area contributed by atoms with E-state index in [0.29, 0.717) is 30.4 Å². The van der Waals surface area contributed by atoms with Crippen LogP contribution in [0.3, 0.4) is 0 Å². The molecular formula is C12H21N3O2S. The van der Waals surface area contributed by atoms with E-state index in [1.54, 1.807) is 10.4 Å². The minimum absolute atomic E-state index is 0.326. The van der Waals surface area contributed by atoms with Crippen LogP contribution in [0, 0.1) is 5.92 Å². The van der Waals surface area contributed by atoms with Crippen molar-refractivity contribution in [2.75, 3.05) is 13.1 Å². The summed E-state index contributed by atoms with van der Waals surface area (Å²) in [6.07, 6.45) is 4.65. The van der Waals surface area contributed by atoms with Crippen molar-refractivity contribution in [3.63, 3.8) is 0 Å². The van der Waals surface area contributed by atoms with E-state index in [-0.39, 0.29) is 0 Å². The van der Waals surface area contributed by atoms with Crippen LogP contribution < -0.4 is 5.73 Å². The standard InChI is InChI=1S/C12H21N3O2S/c1-2-10-4-3-5-15(9-10)18(16,17)12-6-11(7-13)14-8-12/h6,8,10,14H,2-5,7,9,13H2,1H3. The average Bonchev–Trinajstić information content (AvgIpc) is 2.88. The molecule has 1 aliphatic heterocycles. The molecule has 3 N–H and O–H groups in total. The minimum atomic E-state index is -3.35. The highest BCUT2D eigenvalue weighted by Gasteiger charge is 2.30. The summed E-state index contributed by atoms with van der Waals surface area (Å²) in [4.78, 5) is 3.23. The lowest BCUT2D eigenvalue weighted by Crippen LogP contribution is -2.39. The second-order valence-corrected chi connectivity index (χ2v) is 6.78. The van der Waals surface area contributed by atoms with Gasteiger partial charge in [0.2, 0.25) is 10.0 Å². The number of rotatable bonds is 4. The van der Waals surface area contributed by atoms with Gasteiger partial charge in [0.05, 0.1) is 4.90 Å². The fourth-order valence-corrected chi connectivity index (χ4v) is 3.99. The third kappa shape index (κ3) is 2.60. The van der Waals surface area contributed by atoms with Crippen LogP contribution >= 0.6 is 0 Å².